The molecular weight excluding hydrogens is 318 g/mol. The lowest BCUT2D eigenvalue weighted by Crippen LogP contribution is -2.40. The minimum Gasteiger partial charge on any atom is -0.494 e. The molecule has 2 N–H and O–H groups in total. The Morgan fingerprint density at radius 3 is 2.83 bits per heavy atom. The summed E-state index contributed by atoms with van der Waals surface area (Å²) in [6.07, 6.45) is 0.657. The smallest absolute Gasteiger partial charge is 0.266 e. The van der Waals surface area contributed by atoms with E-state index in [1.54, 1.807) is 41.3 Å². The van der Waals surface area contributed by atoms with E-state index >= 15 is 0 Å². The first kappa shape index (κ1) is 15.4. The third-order valence-corrected chi connectivity index (χ3v) is 3.63. The largest absolute Gasteiger partial charge is 0.494 e. The van der Waals surface area contributed by atoms with Crippen LogP contribution in [-0.2, 0) is 4.79 Å². The number of carbonyl (C=O) groups is 1. The molecule has 0 saturated carbocycles. The van der Waals surface area contributed by atoms with Gasteiger partial charge < -0.3 is 15.2 Å². The van der Waals surface area contributed by atoms with E-state index < -0.39 is 0 Å². The predicted octanol–water partition coefficient (Wildman–Crippen LogP) is 2.51. The van der Waals surface area contributed by atoms with Crippen molar-refractivity contribution in [2.75, 3.05) is 30.4 Å². The highest BCUT2D eigenvalue weighted by atomic mass is 35.5. The number of rotatable bonds is 5. The number of aromatic nitrogens is 1. The zero-order valence-electron chi connectivity index (χ0n) is 12.4. The maximum Gasteiger partial charge on any atom is 0.266 e. The minimum atomic E-state index is -0.137. The molecule has 1 amide bonds. The summed E-state index contributed by atoms with van der Waals surface area (Å²) >= 11 is 5.82. The molecule has 0 fully saturated rings. The van der Waals surface area contributed by atoms with Crippen LogP contribution in [0.25, 0.3) is 0 Å². The van der Waals surface area contributed by atoms with Gasteiger partial charge in [0.05, 0.1) is 6.61 Å². The third kappa shape index (κ3) is 3.65. The number of benzene rings is 1. The fraction of sp³-hybridized carbons (Fsp3) is 0.250. The van der Waals surface area contributed by atoms with Gasteiger partial charge in [-0.3, -0.25) is 9.69 Å². The molecule has 120 valence electrons. The number of pyridine rings is 1. The van der Waals surface area contributed by atoms with Crippen LogP contribution in [0.1, 0.15) is 6.42 Å². The molecule has 0 unspecified atom stereocenters. The molecule has 0 spiro atoms. The molecule has 0 radical (unpaired) electrons. The number of anilines is 2. The second-order valence-electron chi connectivity index (χ2n) is 5.05. The van der Waals surface area contributed by atoms with E-state index in [2.05, 4.69) is 4.98 Å². The third-order valence-electron chi connectivity index (χ3n) is 3.38. The van der Waals surface area contributed by atoms with Gasteiger partial charge in [0.25, 0.3) is 5.91 Å². The van der Waals surface area contributed by atoms with E-state index in [0.717, 1.165) is 5.75 Å². The van der Waals surface area contributed by atoms with E-state index in [0.29, 0.717) is 42.0 Å². The number of nitrogen functional groups attached to an aromatic ring is 1. The number of nitrogens with two attached hydrogens (primary N) is 1. The first-order valence-corrected chi connectivity index (χ1v) is 7.59. The Balaban J connectivity index is 1.58. The van der Waals surface area contributed by atoms with Crippen LogP contribution >= 0.6 is 11.6 Å². The van der Waals surface area contributed by atoms with Crippen molar-refractivity contribution in [2.24, 2.45) is 0 Å². The van der Waals surface area contributed by atoms with Gasteiger partial charge in [-0.2, -0.15) is 0 Å². The summed E-state index contributed by atoms with van der Waals surface area (Å²) in [6.45, 7) is 0.972. The van der Waals surface area contributed by atoms with Crippen LogP contribution < -0.4 is 20.1 Å². The average molecular weight is 334 g/mol. The van der Waals surface area contributed by atoms with E-state index in [9.17, 15) is 4.79 Å². The highest BCUT2D eigenvalue weighted by Gasteiger charge is 2.26. The number of fused-ring (bicyclic) bond motifs is 1. The first-order valence-electron chi connectivity index (χ1n) is 7.21. The van der Waals surface area contributed by atoms with Crippen molar-refractivity contribution >= 4 is 29.1 Å². The molecule has 0 aliphatic carbocycles. The highest BCUT2D eigenvalue weighted by Crippen LogP contribution is 2.30. The Morgan fingerprint density at radius 2 is 2.04 bits per heavy atom. The molecule has 3 rings (SSSR count). The number of ether oxygens (including phenoxy) is 2. The van der Waals surface area contributed by atoms with Gasteiger partial charge in [-0.05, 0) is 42.8 Å². The molecule has 2 aromatic rings. The second-order valence-corrected chi connectivity index (χ2v) is 5.48. The molecule has 0 bridgehead atoms. The molecule has 1 aliphatic heterocycles. The number of hydrogen-bond acceptors (Lipinski definition) is 5. The summed E-state index contributed by atoms with van der Waals surface area (Å²) in [5, 5.41) is 0.663. The topological polar surface area (TPSA) is 77.7 Å². The van der Waals surface area contributed by atoms with Gasteiger partial charge in [0.2, 0.25) is 0 Å². The lowest BCUT2D eigenvalue weighted by atomic mass is 10.3. The van der Waals surface area contributed by atoms with Crippen LogP contribution in [0.5, 0.6) is 11.5 Å². The minimum absolute atomic E-state index is 0.0106. The molecule has 1 aromatic heterocycles. The molecule has 0 saturated heterocycles. The summed E-state index contributed by atoms with van der Waals surface area (Å²) in [7, 11) is 0. The van der Waals surface area contributed by atoms with Gasteiger partial charge in [0.1, 0.15) is 11.6 Å². The maximum absolute atomic E-state index is 12.0. The Hall–Kier alpha value is -2.47. The Morgan fingerprint density at radius 1 is 1.26 bits per heavy atom. The zero-order chi connectivity index (χ0) is 16.2. The van der Waals surface area contributed by atoms with Gasteiger partial charge in [-0.25, -0.2) is 4.98 Å². The fourth-order valence-electron chi connectivity index (χ4n) is 2.27. The zero-order valence-corrected chi connectivity index (χ0v) is 13.1. The predicted molar refractivity (Wildman–Crippen MR) is 88.1 cm³/mol. The van der Waals surface area contributed by atoms with Gasteiger partial charge in [0, 0.05) is 11.6 Å². The van der Waals surface area contributed by atoms with Crippen molar-refractivity contribution in [1.29, 1.82) is 0 Å². The standard InChI is InChI=1S/C16H16ClN3O3/c17-11-2-4-12(5-3-11)22-9-1-8-20-15(21)10-23-13-6-7-14(18)19-16(13)20/h2-7H,1,8-10H2,(H2,18,19). The number of nitrogens with zero attached hydrogens (tertiary/aromatic N) is 2. The van der Waals surface area contributed by atoms with Crippen molar-refractivity contribution in [2.45, 2.75) is 6.42 Å². The van der Waals surface area contributed by atoms with Gasteiger partial charge in [-0.15, -0.1) is 0 Å². The van der Waals surface area contributed by atoms with Crippen LogP contribution in [0.3, 0.4) is 0 Å². The van der Waals surface area contributed by atoms with Gasteiger partial charge >= 0.3 is 0 Å². The molecule has 7 heteroatoms. The van der Waals surface area contributed by atoms with Crippen molar-refractivity contribution in [1.82, 2.24) is 4.98 Å². The summed E-state index contributed by atoms with van der Waals surface area (Å²) in [5.41, 5.74) is 5.69. The average Bonchev–Trinajstić information content (AvgIpc) is 2.55. The van der Waals surface area contributed by atoms with Gasteiger partial charge in [-0.1, -0.05) is 11.6 Å². The van der Waals surface area contributed by atoms with E-state index in [1.807, 2.05) is 0 Å². The van der Waals surface area contributed by atoms with Crippen molar-refractivity contribution in [3.05, 3.63) is 41.4 Å². The van der Waals surface area contributed by atoms with E-state index in [4.69, 9.17) is 26.8 Å². The quantitative estimate of drug-likeness (QED) is 0.851. The molecule has 2 heterocycles. The molecular formula is C16H16ClN3O3. The molecule has 23 heavy (non-hydrogen) atoms. The summed E-state index contributed by atoms with van der Waals surface area (Å²) in [4.78, 5) is 17.8. The fourth-order valence-corrected chi connectivity index (χ4v) is 2.39. The van der Waals surface area contributed by atoms with Crippen LogP contribution in [0.2, 0.25) is 5.02 Å². The SMILES string of the molecule is Nc1ccc2c(n1)N(CCCOc1ccc(Cl)cc1)C(=O)CO2. The summed E-state index contributed by atoms with van der Waals surface area (Å²) in [6, 6.07) is 10.5. The van der Waals surface area contributed by atoms with Gasteiger partial charge in [0.15, 0.2) is 18.2 Å². The number of carbonyl (C=O) groups excluding carboxylic acids is 1. The molecule has 6 nitrogen and oxygen atoms in total. The normalized spacial score (nSPS) is 13.4. The maximum atomic E-state index is 12.0. The van der Waals surface area contributed by atoms with E-state index in [-0.39, 0.29) is 12.5 Å². The van der Waals surface area contributed by atoms with Crippen LogP contribution in [0, 0.1) is 0 Å². The van der Waals surface area contributed by atoms with Crippen molar-refractivity contribution < 1.29 is 14.3 Å². The van der Waals surface area contributed by atoms with Crippen LogP contribution in [0.15, 0.2) is 36.4 Å². The Kier molecular flexibility index (Phi) is 4.52. The second kappa shape index (κ2) is 6.75. The first-order chi connectivity index (χ1) is 11.1. The van der Waals surface area contributed by atoms with Crippen LogP contribution in [0.4, 0.5) is 11.6 Å². The summed E-state index contributed by atoms with van der Waals surface area (Å²) < 4.78 is 11.0. The van der Waals surface area contributed by atoms with Crippen molar-refractivity contribution in [3.8, 4) is 11.5 Å². The molecule has 1 aliphatic rings. The Bertz CT molecular complexity index is 706. The monoisotopic (exact) mass is 333 g/mol. The summed E-state index contributed by atoms with van der Waals surface area (Å²) in [5.74, 6) is 1.99. The molecule has 1 aromatic carbocycles. The Labute approximate surface area is 138 Å². The van der Waals surface area contributed by atoms with E-state index in [1.165, 1.54) is 0 Å². The number of hydrogen-bond donors (Lipinski definition) is 1. The number of halogens is 1. The van der Waals surface area contributed by atoms with Crippen molar-refractivity contribution in [3.63, 3.8) is 0 Å². The number of amides is 1. The lowest BCUT2D eigenvalue weighted by Gasteiger charge is -2.28. The highest BCUT2D eigenvalue weighted by molar-refractivity contribution is 6.30. The molecule has 0 atom stereocenters. The lowest BCUT2D eigenvalue weighted by molar-refractivity contribution is -0.121. The van der Waals surface area contributed by atoms with Crippen LogP contribution in [-0.4, -0.2) is 30.6 Å².